The van der Waals surface area contributed by atoms with Crippen molar-refractivity contribution in [1.29, 1.82) is 0 Å². The van der Waals surface area contributed by atoms with Gasteiger partial charge in [0.2, 0.25) is 0 Å². The van der Waals surface area contributed by atoms with Crippen molar-refractivity contribution in [3.05, 3.63) is 0 Å². The van der Waals surface area contributed by atoms with E-state index in [9.17, 15) is 0 Å². The Hall–Kier alpha value is -0.180. The molecule has 0 bridgehead atoms. The zero-order valence-electron chi connectivity index (χ0n) is 10.3. The predicted molar refractivity (Wildman–Crippen MR) is 70.7 cm³/mol. The highest BCUT2D eigenvalue weighted by Crippen LogP contribution is 2.22. The highest BCUT2D eigenvalue weighted by atomic mass is 32.2. The van der Waals surface area contributed by atoms with Crippen molar-refractivity contribution in [3.8, 4) is 0 Å². The summed E-state index contributed by atoms with van der Waals surface area (Å²) in [5.41, 5.74) is 0. The van der Waals surface area contributed by atoms with Gasteiger partial charge in [-0.2, -0.15) is 0 Å². The fourth-order valence-electron chi connectivity index (χ4n) is 1.84. The third-order valence-electron chi connectivity index (χ3n) is 2.64. The molecule has 0 aromatic heterocycles. The van der Waals surface area contributed by atoms with E-state index < -0.39 is 0 Å². The summed E-state index contributed by atoms with van der Waals surface area (Å²) in [7, 11) is 0. The summed E-state index contributed by atoms with van der Waals surface area (Å²) in [6, 6.07) is 0.593. The maximum atomic E-state index is 4.62. The van der Waals surface area contributed by atoms with Crippen LogP contribution >= 0.6 is 11.8 Å². The molecule has 0 aliphatic carbocycles. The van der Waals surface area contributed by atoms with Crippen molar-refractivity contribution in [2.45, 2.75) is 64.2 Å². The Bertz CT molecular complexity index is 192. The fourth-order valence-corrected chi connectivity index (χ4v) is 3.04. The van der Waals surface area contributed by atoms with Crippen LogP contribution in [0.15, 0.2) is 4.99 Å². The lowest BCUT2D eigenvalue weighted by Crippen LogP contribution is -2.38. The van der Waals surface area contributed by atoms with E-state index in [1.807, 2.05) is 11.8 Å². The summed E-state index contributed by atoms with van der Waals surface area (Å²) < 4.78 is 0. The van der Waals surface area contributed by atoms with Crippen LogP contribution in [-0.2, 0) is 0 Å². The Balaban J connectivity index is 2.20. The topological polar surface area (TPSA) is 24.4 Å². The van der Waals surface area contributed by atoms with Crippen LogP contribution in [-0.4, -0.2) is 23.0 Å². The average Bonchev–Trinajstić information content (AvgIpc) is 2.16. The second-order valence-electron chi connectivity index (χ2n) is 4.46. The molecular weight excluding hydrogens is 204 g/mol. The van der Waals surface area contributed by atoms with Gasteiger partial charge in [0.1, 0.15) is 0 Å². The molecule has 1 rings (SSSR count). The van der Waals surface area contributed by atoms with Crippen molar-refractivity contribution in [1.82, 2.24) is 5.32 Å². The highest BCUT2D eigenvalue weighted by Gasteiger charge is 2.19. The largest absolute Gasteiger partial charge is 0.362 e. The van der Waals surface area contributed by atoms with Gasteiger partial charge in [0.05, 0.1) is 0 Å². The Morgan fingerprint density at radius 3 is 2.80 bits per heavy atom. The van der Waals surface area contributed by atoms with Crippen LogP contribution in [0.4, 0.5) is 0 Å². The van der Waals surface area contributed by atoms with Gasteiger partial charge < -0.3 is 5.32 Å². The van der Waals surface area contributed by atoms with E-state index in [1.54, 1.807) is 0 Å². The van der Waals surface area contributed by atoms with E-state index in [2.05, 4.69) is 31.1 Å². The molecule has 1 saturated heterocycles. The van der Waals surface area contributed by atoms with Crippen LogP contribution in [0.25, 0.3) is 0 Å². The summed E-state index contributed by atoms with van der Waals surface area (Å²) in [4.78, 5) is 4.62. The summed E-state index contributed by atoms with van der Waals surface area (Å²) in [5.74, 6) is 0. The minimum Gasteiger partial charge on any atom is -0.362 e. The minimum absolute atomic E-state index is 0.593. The molecule has 0 aromatic rings. The molecule has 0 saturated carbocycles. The molecule has 3 heteroatoms. The molecule has 0 aromatic carbocycles. The lowest BCUT2D eigenvalue weighted by Gasteiger charge is -2.26. The van der Waals surface area contributed by atoms with Gasteiger partial charge in [-0.3, -0.25) is 4.99 Å². The summed E-state index contributed by atoms with van der Waals surface area (Å²) in [6.07, 6.45) is 6.46. The van der Waals surface area contributed by atoms with Crippen LogP contribution in [0.5, 0.6) is 0 Å². The van der Waals surface area contributed by atoms with Crippen LogP contribution in [0.3, 0.4) is 0 Å². The molecule has 1 heterocycles. The standard InChI is InChI=1S/C12H24N2S/c1-4-5-6-7-8-13-12-14-10(2)9-11(3)15-12/h10-11H,4-9H2,1-3H3,(H,13,14). The molecule has 0 radical (unpaired) electrons. The number of nitrogens with one attached hydrogen (secondary N) is 1. The lowest BCUT2D eigenvalue weighted by atomic mass is 10.2. The van der Waals surface area contributed by atoms with Crippen LogP contribution in [0, 0.1) is 0 Å². The van der Waals surface area contributed by atoms with Gasteiger partial charge in [0, 0.05) is 17.8 Å². The minimum atomic E-state index is 0.593. The fraction of sp³-hybridized carbons (Fsp3) is 0.917. The molecule has 1 aliphatic rings. The lowest BCUT2D eigenvalue weighted by molar-refractivity contribution is 0.596. The highest BCUT2D eigenvalue weighted by molar-refractivity contribution is 8.14. The number of rotatable bonds is 5. The molecular formula is C12H24N2S. The number of amidine groups is 1. The predicted octanol–water partition coefficient (Wildman–Crippen LogP) is 3.43. The molecule has 2 nitrogen and oxygen atoms in total. The zero-order valence-corrected chi connectivity index (χ0v) is 11.1. The summed E-state index contributed by atoms with van der Waals surface area (Å²) in [6.45, 7) is 7.76. The molecule has 0 spiro atoms. The zero-order chi connectivity index (χ0) is 11.1. The first-order valence-electron chi connectivity index (χ1n) is 6.20. The number of unbranched alkanes of at least 4 members (excludes halogenated alkanes) is 3. The van der Waals surface area contributed by atoms with E-state index >= 15 is 0 Å². The summed E-state index contributed by atoms with van der Waals surface area (Å²) >= 11 is 1.89. The second-order valence-corrected chi connectivity index (χ2v) is 5.88. The van der Waals surface area contributed by atoms with Crippen molar-refractivity contribution < 1.29 is 0 Å². The third-order valence-corrected chi connectivity index (χ3v) is 3.70. The first-order chi connectivity index (χ1) is 7.22. The van der Waals surface area contributed by atoms with Gasteiger partial charge in [-0.15, -0.1) is 0 Å². The van der Waals surface area contributed by atoms with Crippen LogP contribution < -0.4 is 5.32 Å². The van der Waals surface area contributed by atoms with Gasteiger partial charge in [-0.25, -0.2) is 0 Å². The molecule has 2 unspecified atom stereocenters. The Morgan fingerprint density at radius 1 is 1.33 bits per heavy atom. The van der Waals surface area contributed by atoms with E-state index in [4.69, 9.17) is 0 Å². The van der Waals surface area contributed by atoms with Gasteiger partial charge in [0.15, 0.2) is 5.17 Å². The van der Waals surface area contributed by atoms with Gasteiger partial charge >= 0.3 is 0 Å². The Labute approximate surface area is 98.3 Å². The van der Waals surface area contributed by atoms with Gasteiger partial charge in [0.25, 0.3) is 0 Å². The molecule has 1 N–H and O–H groups in total. The smallest absolute Gasteiger partial charge is 0.157 e. The average molecular weight is 228 g/mol. The first-order valence-corrected chi connectivity index (χ1v) is 7.08. The molecule has 88 valence electrons. The van der Waals surface area contributed by atoms with Gasteiger partial charge in [-0.05, 0) is 19.8 Å². The number of hydrogen-bond acceptors (Lipinski definition) is 2. The quantitative estimate of drug-likeness (QED) is 0.729. The number of hydrogen-bond donors (Lipinski definition) is 1. The second kappa shape index (κ2) is 7.15. The van der Waals surface area contributed by atoms with Crippen molar-refractivity contribution in [3.63, 3.8) is 0 Å². The maximum absolute atomic E-state index is 4.62. The van der Waals surface area contributed by atoms with E-state index in [0.717, 1.165) is 17.0 Å². The van der Waals surface area contributed by atoms with Crippen LogP contribution in [0.1, 0.15) is 52.9 Å². The molecule has 15 heavy (non-hydrogen) atoms. The monoisotopic (exact) mass is 228 g/mol. The Kier molecular flexibility index (Phi) is 6.15. The van der Waals surface area contributed by atoms with Crippen LogP contribution in [0.2, 0.25) is 0 Å². The van der Waals surface area contributed by atoms with E-state index in [1.165, 1.54) is 32.1 Å². The van der Waals surface area contributed by atoms with Crippen molar-refractivity contribution in [2.24, 2.45) is 4.99 Å². The van der Waals surface area contributed by atoms with E-state index in [-0.39, 0.29) is 0 Å². The first kappa shape index (κ1) is 12.9. The molecule has 1 fully saturated rings. The normalized spacial score (nSPS) is 29.1. The molecule has 1 aliphatic heterocycles. The Morgan fingerprint density at radius 2 is 2.13 bits per heavy atom. The number of aliphatic imine (C=N–C) groups is 1. The molecule has 0 amide bonds. The SMILES string of the molecule is CCCCCCN=C1NC(C)CC(C)S1. The third kappa shape index (κ3) is 5.45. The maximum Gasteiger partial charge on any atom is 0.157 e. The molecule has 2 atom stereocenters. The van der Waals surface area contributed by atoms with E-state index in [0.29, 0.717) is 6.04 Å². The number of thioether (sulfide) groups is 1. The number of nitrogens with zero attached hydrogens (tertiary/aromatic N) is 1. The van der Waals surface area contributed by atoms with Crippen molar-refractivity contribution >= 4 is 16.9 Å². The van der Waals surface area contributed by atoms with Gasteiger partial charge in [-0.1, -0.05) is 44.9 Å². The summed E-state index contributed by atoms with van der Waals surface area (Å²) in [5, 5.41) is 5.33. The van der Waals surface area contributed by atoms with Crippen molar-refractivity contribution in [2.75, 3.05) is 6.54 Å².